The van der Waals surface area contributed by atoms with Gasteiger partial charge in [-0.3, -0.25) is 28.3 Å². The van der Waals surface area contributed by atoms with E-state index in [9.17, 15) is 33.1 Å². The van der Waals surface area contributed by atoms with Gasteiger partial charge in [0.2, 0.25) is 0 Å². The highest BCUT2D eigenvalue weighted by atomic mass is 19.1. The van der Waals surface area contributed by atoms with Crippen LogP contribution in [0, 0.1) is 38.3 Å². The zero-order chi connectivity index (χ0) is 71.4. The van der Waals surface area contributed by atoms with Crippen molar-refractivity contribution >= 4 is 33.9 Å². The van der Waals surface area contributed by atoms with Gasteiger partial charge in [-0.15, -0.1) is 12.8 Å². The number of fused-ring (bicyclic) bond motifs is 4. The first-order valence-corrected chi connectivity index (χ1v) is 38.4. The third kappa shape index (κ3) is 26.0. The number of rotatable bonds is 37. The van der Waals surface area contributed by atoms with Crippen molar-refractivity contribution < 1.29 is 43.7 Å². The second kappa shape index (κ2) is 45.4. The number of aryl methyl sites for hydroxylation is 2. The number of terminal acetylenes is 1. The Labute approximate surface area is 596 Å². The Morgan fingerprint density at radius 2 is 0.930 bits per heavy atom. The lowest BCUT2D eigenvalue weighted by atomic mass is 9.91. The summed E-state index contributed by atoms with van der Waals surface area (Å²) in [6.07, 6.45) is 46.9. The number of esters is 1. The number of carbonyl (C=O) groups is 2. The molecule has 2 fully saturated rings. The first-order valence-electron chi connectivity index (χ1n) is 38.9. The van der Waals surface area contributed by atoms with Gasteiger partial charge in [-0.1, -0.05) is 186 Å². The van der Waals surface area contributed by atoms with Crippen molar-refractivity contribution in [1.29, 1.82) is 0 Å². The minimum atomic E-state index is -0.655. The van der Waals surface area contributed by atoms with E-state index >= 15 is 0 Å². The molecule has 0 spiro atoms. The molecule has 100 heavy (non-hydrogen) atoms. The van der Waals surface area contributed by atoms with Crippen LogP contribution < -0.4 is 11.1 Å². The van der Waals surface area contributed by atoms with E-state index in [-0.39, 0.29) is 42.1 Å². The van der Waals surface area contributed by atoms with Gasteiger partial charge < -0.3 is 33.8 Å². The average molecular weight is 1390 g/mol. The zero-order valence-electron chi connectivity index (χ0n) is 61.5. The number of carboxylic acids is 1. The molecule has 2 unspecified atom stereocenters. The number of benzene rings is 2. The first kappa shape index (κ1) is 80.7. The van der Waals surface area contributed by atoms with Crippen LogP contribution in [-0.4, -0.2) is 101 Å². The number of piperidine rings is 2. The highest BCUT2D eigenvalue weighted by Crippen LogP contribution is 2.35. The molecule has 0 aliphatic carbocycles. The van der Waals surface area contributed by atoms with E-state index in [0.717, 1.165) is 148 Å². The Bertz CT molecular complexity index is 3570. The van der Waals surface area contributed by atoms with Gasteiger partial charge >= 0.3 is 11.9 Å². The minimum Gasteiger partial charge on any atom is -0.481 e. The summed E-state index contributed by atoms with van der Waals surface area (Å²) in [5.41, 5.74) is 5.80. The molecule has 10 rings (SSSR count). The number of halogens is 2. The highest BCUT2D eigenvalue weighted by Gasteiger charge is 2.31. The molecule has 0 radical (unpaired) electrons. The number of unbranched alkanes of at least 4 members (excludes halogenated alkanes) is 24. The molecule has 4 aliphatic heterocycles. The lowest BCUT2D eigenvalue weighted by molar-refractivity contribution is -0.151. The molecule has 4 aromatic heterocycles. The number of ether oxygens (including phenoxy) is 1. The Hall–Kier alpha value is -6.62. The number of aliphatic hydroxyl groups excluding tert-OH is 1. The number of nitrogens with zero attached hydrogens (tertiary/aromatic N) is 8. The molecule has 6 aromatic rings. The average Bonchev–Trinajstić information content (AvgIpc) is 1.42. The maximum absolute atomic E-state index is 13.6. The van der Waals surface area contributed by atoms with Gasteiger partial charge in [0.25, 0.3) is 11.1 Å². The van der Waals surface area contributed by atoms with Crippen molar-refractivity contribution in [1.82, 2.24) is 39.2 Å². The first-order chi connectivity index (χ1) is 48.6. The molecule has 2 atom stereocenters. The van der Waals surface area contributed by atoms with Gasteiger partial charge in [-0.25, -0.2) is 18.7 Å². The number of likely N-dealkylation sites (tertiary alicyclic amines) is 2. The predicted molar refractivity (Wildman–Crippen MR) is 396 cm³/mol. The number of hydrogen-bond acceptors (Lipinski definition) is 14. The highest BCUT2D eigenvalue weighted by molar-refractivity contribution is 5.80. The van der Waals surface area contributed by atoms with Crippen LogP contribution in [0.3, 0.4) is 0 Å². The van der Waals surface area contributed by atoms with Crippen molar-refractivity contribution in [3.05, 3.63) is 114 Å². The van der Waals surface area contributed by atoms with Gasteiger partial charge in [0.05, 0.1) is 11.4 Å². The number of aliphatic hydroxyl groups is 1. The monoisotopic (exact) mass is 1390 g/mol. The summed E-state index contributed by atoms with van der Waals surface area (Å²) in [6, 6.07) is 9.19. The van der Waals surface area contributed by atoms with Crippen LogP contribution in [0.1, 0.15) is 323 Å². The van der Waals surface area contributed by atoms with Crippen molar-refractivity contribution in [2.45, 2.75) is 316 Å². The van der Waals surface area contributed by atoms with Gasteiger partial charge in [0.1, 0.15) is 24.9 Å². The Morgan fingerprint density at radius 3 is 1.34 bits per heavy atom. The molecule has 554 valence electrons. The van der Waals surface area contributed by atoms with Crippen LogP contribution >= 0.6 is 0 Å². The number of aromatic nitrogens is 6. The van der Waals surface area contributed by atoms with E-state index in [4.69, 9.17) is 25.2 Å². The molecular weight excluding hydrogens is 1270 g/mol. The number of carbonyl (C=O) groups excluding carboxylic acids is 1. The fraction of sp³-hybridized carbons (Fsp3) is 0.679. The third-order valence-corrected chi connectivity index (χ3v) is 20.8. The Morgan fingerprint density at radius 1 is 0.560 bits per heavy atom. The molecule has 2 aromatic carbocycles. The van der Waals surface area contributed by atoms with E-state index in [2.05, 4.69) is 45.4 Å². The van der Waals surface area contributed by atoms with Gasteiger partial charge in [-0.2, -0.15) is 0 Å². The molecule has 2 N–H and O–H groups in total. The van der Waals surface area contributed by atoms with Crippen molar-refractivity contribution in [3.8, 4) is 12.8 Å². The smallest absolute Gasteiger partial charge is 0.306 e. The standard InChI is InChI=1S/C39H57FN4O4.C23H27FN4O3.C16H32O2.C2H2.CH4/c1-3-4-5-6-7-8-9-10-11-12-13-14-15-18-36(45)47-34-17-16-24-44-38(34)41-29(2)32(39(44)46)23-27-43-25-21-30(22-26-43)37-33-20-19-31(40)28-35(33)48-42-37;1-14-17(23(30)28-9-2-3-19(29)22(28)25-14)8-12-27-10-6-15(7-11-27)21-18-5-4-16(24)13-20(18)31-26-21;1-2-3-4-5-6-7-8-9-10-11-12-13-14-15-16(17)18;1-2;/h19-20,28,30,34H,3-18,21-27H2,1-2H3;4-5,13,15,19,29H,2-3,6-12H2,1H3;2-15H2,1H3,(H,17,18);1-2H;1H4/i;;;1D;. The predicted octanol–water partition coefficient (Wildman–Crippen LogP) is 18.6. The molecule has 17 nitrogen and oxygen atoms in total. The molecule has 2 saturated heterocycles. The quantitative estimate of drug-likeness (QED) is 0.0211. The number of aliphatic carboxylic acids is 1. The van der Waals surface area contributed by atoms with E-state index in [0.29, 0.717) is 80.3 Å². The lowest BCUT2D eigenvalue weighted by Crippen LogP contribution is -2.38. The van der Waals surface area contributed by atoms with Gasteiger partial charge in [0, 0.05) is 96.3 Å². The summed E-state index contributed by atoms with van der Waals surface area (Å²) in [5, 5.41) is 28.9. The third-order valence-electron chi connectivity index (χ3n) is 20.8. The maximum Gasteiger partial charge on any atom is 0.306 e. The van der Waals surface area contributed by atoms with Crippen LogP contribution in [-0.2, 0) is 40.3 Å². The molecule has 0 amide bonds. The van der Waals surface area contributed by atoms with Gasteiger partial charge in [0.15, 0.2) is 23.1 Å². The summed E-state index contributed by atoms with van der Waals surface area (Å²) in [7, 11) is 0. The van der Waals surface area contributed by atoms with Crippen molar-refractivity contribution in [2.24, 2.45) is 0 Å². The van der Waals surface area contributed by atoms with Crippen molar-refractivity contribution in [3.63, 3.8) is 0 Å². The summed E-state index contributed by atoms with van der Waals surface area (Å²) in [6.45, 7) is 14.8. The summed E-state index contributed by atoms with van der Waals surface area (Å²) in [5.74, 6) is 0.212. The second-order valence-electron chi connectivity index (χ2n) is 28.3. The van der Waals surface area contributed by atoms with Gasteiger partial charge in [-0.05, 0) is 141 Å². The van der Waals surface area contributed by atoms with E-state index in [1.807, 2.05) is 13.8 Å². The summed E-state index contributed by atoms with van der Waals surface area (Å²) < 4.78 is 52.7. The zero-order valence-corrected chi connectivity index (χ0v) is 60.5. The number of hydrogen-bond donors (Lipinski definition) is 2. The lowest BCUT2D eigenvalue weighted by Gasteiger charge is -2.31. The fourth-order valence-corrected chi connectivity index (χ4v) is 14.8. The second-order valence-corrected chi connectivity index (χ2v) is 28.3. The van der Waals surface area contributed by atoms with Crippen LogP contribution in [0.25, 0.3) is 21.9 Å². The molecule has 4 aliphatic rings. The largest absolute Gasteiger partial charge is 0.481 e. The van der Waals surface area contributed by atoms with Crippen LogP contribution in [0.4, 0.5) is 8.78 Å². The number of carboxylic acid groups (broad SMARTS) is 1. The van der Waals surface area contributed by atoms with E-state index in [1.165, 1.54) is 172 Å². The summed E-state index contributed by atoms with van der Waals surface area (Å²) in [4.78, 5) is 63.8. The SMILES string of the molecule is C.CCCCCCCCCCCCCCCC(=O)O.CCCCCCCCCCCCCCCC(=O)OC1CCCn2c1nc(C)c(CCN1CCC(c3noc4cc(F)ccc34)CC1)c2=O.Cc1nc2n(c(=O)c1CCN1CCC(c3noc4cc(F)ccc34)CC1)CCCC2O.[2H]C#C. The van der Waals surface area contributed by atoms with Crippen LogP contribution in [0.2, 0.25) is 0 Å². The molecule has 0 saturated carbocycles. The van der Waals surface area contributed by atoms with E-state index < -0.39 is 18.2 Å². The Kier molecular flexibility index (Phi) is 36.6. The molecule has 19 heteroatoms. The Balaban J connectivity index is 0.000000258. The molecule has 0 bridgehead atoms. The summed E-state index contributed by atoms with van der Waals surface area (Å²) >= 11 is 0. The van der Waals surface area contributed by atoms with Crippen LogP contribution in [0.15, 0.2) is 55.0 Å². The maximum atomic E-state index is 13.6. The van der Waals surface area contributed by atoms with Crippen LogP contribution in [0.5, 0.6) is 0 Å². The molecular formula is C81H122F2N8O9. The minimum absolute atomic E-state index is 0. The topological polar surface area (TPSA) is 212 Å². The van der Waals surface area contributed by atoms with Crippen molar-refractivity contribution in [2.75, 3.05) is 39.3 Å². The fourth-order valence-electron chi connectivity index (χ4n) is 14.8. The molecule has 8 heterocycles. The normalized spacial score (nSPS) is 16.6. The van der Waals surface area contributed by atoms with E-state index in [1.54, 1.807) is 21.3 Å².